The molecule has 0 aromatic carbocycles. The molecule has 0 saturated carbocycles. The van der Waals surface area contributed by atoms with Gasteiger partial charge in [-0.05, 0) is 44.8 Å². The zero-order valence-electron chi connectivity index (χ0n) is 8.54. The van der Waals surface area contributed by atoms with E-state index in [4.69, 9.17) is 0 Å². The average Bonchev–Trinajstić information content (AvgIpc) is 2.75. The van der Waals surface area contributed by atoms with Gasteiger partial charge >= 0.3 is 0 Å². The van der Waals surface area contributed by atoms with Crippen LogP contribution in [0.1, 0.15) is 18.5 Å². The third kappa shape index (κ3) is 2.62. The second-order valence-electron chi connectivity index (χ2n) is 3.38. The molecule has 0 bridgehead atoms. The molecule has 16 heavy (non-hydrogen) atoms. The van der Waals surface area contributed by atoms with Crippen molar-refractivity contribution in [2.45, 2.75) is 13.0 Å². The molecule has 0 saturated heterocycles. The van der Waals surface area contributed by atoms with E-state index in [0.717, 1.165) is 20.3 Å². The summed E-state index contributed by atoms with van der Waals surface area (Å²) in [7, 11) is 0. The molecule has 2 aromatic heterocycles. The van der Waals surface area contributed by atoms with E-state index < -0.39 is 0 Å². The summed E-state index contributed by atoms with van der Waals surface area (Å²) in [5.41, 5.74) is 1.09. The smallest absolute Gasteiger partial charge is 0.140 e. The fourth-order valence-corrected chi connectivity index (χ4v) is 2.41. The van der Waals surface area contributed by atoms with Crippen LogP contribution in [0, 0.1) is 0 Å². The normalized spacial score (nSPS) is 12.4. The van der Waals surface area contributed by atoms with Crippen LogP contribution in [-0.2, 0) is 0 Å². The molecule has 2 aromatic rings. The van der Waals surface area contributed by atoms with Gasteiger partial charge in [-0.15, -0.1) is 0 Å². The van der Waals surface area contributed by atoms with Gasteiger partial charge in [0.05, 0.1) is 16.7 Å². The first-order chi connectivity index (χ1) is 7.66. The highest BCUT2D eigenvalue weighted by molar-refractivity contribution is 9.11. The summed E-state index contributed by atoms with van der Waals surface area (Å²) in [5.74, 6) is 0.817. The molecule has 0 amide bonds. The van der Waals surface area contributed by atoms with E-state index >= 15 is 0 Å². The van der Waals surface area contributed by atoms with Crippen LogP contribution in [0.3, 0.4) is 0 Å². The molecule has 2 N–H and O–H groups in total. The third-order valence-corrected chi connectivity index (χ3v) is 3.22. The van der Waals surface area contributed by atoms with E-state index in [2.05, 4.69) is 59.3 Å². The number of halogens is 2. The predicted octanol–water partition coefficient (Wildman–Crippen LogP) is 3.50. The summed E-state index contributed by atoms with van der Waals surface area (Å²) in [6.07, 6.45) is 5.42. The number of aromatic amines is 1. The number of nitrogens with zero attached hydrogens (tertiary/aromatic N) is 2. The lowest BCUT2D eigenvalue weighted by atomic mass is 10.2. The Morgan fingerprint density at radius 2 is 2.19 bits per heavy atom. The van der Waals surface area contributed by atoms with E-state index in [9.17, 15) is 0 Å². The van der Waals surface area contributed by atoms with Gasteiger partial charge < -0.3 is 5.32 Å². The average molecular weight is 346 g/mol. The Balaban J connectivity index is 2.15. The molecule has 1 atom stereocenters. The van der Waals surface area contributed by atoms with Crippen molar-refractivity contribution in [1.82, 2.24) is 15.2 Å². The van der Waals surface area contributed by atoms with Crippen LogP contribution in [0.25, 0.3) is 0 Å². The molecule has 1 unspecified atom stereocenters. The van der Waals surface area contributed by atoms with Crippen molar-refractivity contribution in [3.63, 3.8) is 0 Å². The maximum absolute atomic E-state index is 4.29. The van der Waals surface area contributed by atoms with Gasteiger partial charge in [-0.3, -0.25) is 5.10 Å². The topological polar surface area (TPSA) is 53.6 Å². The summed E-state index contributed by atoms with van der Waals surface area (Å²) >= 11 is 6.83. The van der Waals surface area contributed by atoms with E-state index in [1.807, 2.05) is 12.3 Å². The van der Waals surface area contributed by atoms with Crippen molar-refractivity contribution in [3.05, 3.63) is 39.2 Å². The number of nitrogens with one attached hydrogen (secondary N) is 2. The summed E-state index contributed by atoms with van der Waals surface area (Å²) in [6.45, 7) is 2.06. The van der Waals surface area contributed by atoms with Gasteiger partial charge in [0.1, 0.15) is 5.82 Å². The fourth-order valence-electron chi connectivity index (χ4n) is 1.31. The van der Waals surface area contributed by atoms with Crippen LogP contribution in [0.15, 0.2) is 33.6 Å². The first kappa shape index (κ1) is 11.6. The second kappa shape index (κ2) is 4.97. The Morgan fingerprint density at radius 1 is 1.38 bits per heavy atom. The predicted molar refractivity (Wildman–Crippen MR) is 70.3 cm³/mol. The Kier molecular flexibility index (Phi) is 3.60. The lowest BCUT2D eigenvalue weighted by molar-refractivity contribution is 0.874. The number of anilines is 1. The van der Waals surface area contributed by atoms with Crippen LogP contribution in [0.5, 0.6) is 0 Å². The van der Waals surface area contributed by atoms with Gasteiger partial charge in [-0.2, -0.15) is 5.10 Å². The Morgan fingerprint density at radius 3 is 2.81 bits per heavy atom. The summed E-state index contributed by atoms with van der Waals surface area (Å²) in [5, 5.41) is 10.0. The zero-order chi connectivity index (χ0) is 11.5. The van der Waals surface area contributed by atoms with Crippen LogP contribution >= 0.6 is 31.9 Å². The van der Waals surface area contributed by atoms with Crippen LogP contribution in [0.2, 0.25) is 0 Å². The molecule has 0 aliphatic carbocycles. The number of H-pyrrole nitrogens is 1. The first-order valence-electron chi connectivity index (χ1n) is 4.73. The molecule has 0 radical (unpaired) electrons. The highest BCUT2D eigenvalue weighted by Gasteiger charge is 2.09. The third-order valence-electron chi connectivity index (χ3n) is 2.18. The highest BCUT2D eigenvalue weighted by Crippen LogP contribution is 2.26. The molecular formula is C10H10Br2N4. The van der Waals surface area contributed by atoms with Crippen LogP contribution in [0.4, 0.5) is 5.82 Å². The summed E-state index contributed by atoms with van der Waals surface area (Å²) in [6, 6.07) is 2.11. The summed E-state index contributed by atoms with van der Waals surface area (Å²) in [4.78, 5) is 4.29. The molecule has 0 fully saturated rings. The SMILES string of the molecule is CC(Nc1ncc(Br)cc1Br)c1cn[nH]c1. The van der Waals surface area contributed by atoms with Gasteiger partial charge in [-0.25, -0.2) is 4.98 Å². The molecule has 0 aliphatic heterocycles. The fraction of sp³-hybridized carbons (Fsp3) is 0.200. The van der Waals surface area contributed by atoms with Gasteiger partial charge in [0.25, 0.3) is 0 Å². The van der Waals surface area contributed by atoms with Crippen LogP contribution < -0.4 is 5.32 Å². The van der Waals surface area contributed by atoms with Crippen molar-refractivity contribution in [1.29, 1.82) is 0 Å². The van der Waals surface area contributed by atoms with Crippen molar-refractivity contribution in [2.75, 3.05) is 5.32 Å². The minimum absolute atomic E-state index is 0.156. The first-order valence-corrected chi connectivity index (χ1v) is 6.31. The van der Waals surface area contributed by atoms with Crippen molar-refractivity contribution >= 4 is 37.7 Å². The second-order valence-corrected chi connectivity index (χ2v) is 5.15. The van der Waals surface area contributed by atoms with Crippen molar-refractivity contribution in [2.24, 2.45) is 0 Å². The van der Waals surface area contributed by atoms with Crippen LogP contribution in [-0.4, -0.2) is 15.2 Å². The van der Waals surface area contributed by atoms with Gasteiger partial charge in [0.15, 0.2) is 0 Å². The minimum Gasteiger partial charge on any atom is -0.362 e. The maximum Gasteiger partial charge on any atom is 0.140 e. The van der Waals surface area contributed by atoms with Gasteiger partial charge in [-0.1, -0.05) is 0 Å². The highest BCUT2D eigenvalue weighted by atomic mass is 79.9. The summed E-state index contributed by atoms with van der Waals surface area (Å²) < 4.78 is 1.87. The van der Waals surface area contributed by atoms with Crippen molar-refractivity contribution < 1.29 is 0 Å². The standard InChI is InChI=1S/C10H10Br2N4/c1-6(7-3-14-15-4-7)16-10-9(12)2-8(11)5-13-10/h2-6H,1H3,(H,13,16)(H,14,15). The van der Waals surface area contributed by atoms with E-state index in [-0.39, 0.29) is 6.04 Å². The van der Waals surface area contributed by atoms with Crippen molar-refractivity contribution in [3.8, 4) is 0 Å². The lowest BCUT2D eigenvalue weighted by Gasteiger charge is -2.13. The Labute approximate surface area is 110 Å². The Hall–Kier alpha value is -0.880. The Bertz CT molecular complexity index is 470. The number of rotatable bonds is 3. The number of hydrogen-bond acceptors (Lipinski definition) is 3. The quantitative estimate of drug-likeness (QED) is 0.895. The lowest BCUT2D eigenvalue weighted by Crippen LogP contribution is -2.07. The molecule has 0 aliphatic rings. The van der Waals surface area contributed by atoms with Gasteiger partial charge in [0.2, 0.25) is 0 Å². The number of hydrogen-bond donors (Lipinski definition) is 2. The minimum atomic E-state index is 0.156. The molecule has 84 valence electrons. The molecule has 2 rings (SSSR count). The number of pyridine rings is 1. The maximum atomic E-state index is 4.29. The van der Waals surface area contributed by atoms with E-state index in [1.54, 1.807) is 12.4 Å². The molecule has 0 spiro atoms. The molecule has 4 nitrogen and oxygen atoms in total. The zero-order valence-corrected chi connectivity index (χ0v) is 11.7. The molecule has 2 heterocycles. The molecule has 6 heteroatoms. The monoisotopic (exact) mass is 344 g/mol. The molecular weight excluding hydrogens is 336 g/mol. The largest absolute Gasteiger partial charge is 0.362 e. The van der Waals surface area contributed by atoms with Gasteiger partial charge in [0, 0.05) is 22.4 Å². The number of aromatic nitrogens is 3. The van der Waals surface area contributed by atoms with E-state index in [0.29, 0.717) is 0 Å². The van der Waals surface area contributed by atoms with E-state index in [1.165, 1.54) is 0 Å².